The number of carbonyl (C=O) groups excluding carboxylic acids is 1. The lowest BCUT2D eigenvalue weighted by atomic mass is 9.96. The van der Waals surface area contributed by atoms with Crippen molar-refractivity contribution in [3.05, 3.63) is 71.3 Å². The summed E-state index contributed by atoms with van der Waals surface area (Å²) in [4.78, 5) is 19.0. The van der Waals surface area contributed by atoms with Crippen LogP contribution in [0.4, 0.5) is 11.4 Å². The third-order valence-electron chi connectivity index (χ3n) is 6.47. The van der Waals surface area contributed by atoms with Gasteiger partial charge in [0.1, 0.15) is 12.4 Å². The molecule has 0 bridgehead atoms. The SMILES string of the molecule is COCC(=O)Nc1cc(N2C(=S)N[C@@H](c3ccccn3)[C@@H]2c2cc(C)n(C(C)C)c2C)ccc1OC. The minimum absolute atomic E-state index is 0.0529. The molecule has 4 rings (SSSR count). The molecule has 1 aromatic carbocycles. The number of hydrogen-bond acceptors (Lipinski definition) is 5. The molecule has 8 nitrogen and oxygen atoms in total. The van der Waals surface area contributed by atoms with Gasteiger partial charge in [-0.15, -0.1) is 0 Å². The lowest BCUT2D eigenvalue weighted by Crippen LogP contribution is -2.30. The quantitative estimate of drug-likeness (QED) is 0.422. The highest BCUT2D eigenvalue weighted by molar-refractivity contribution is 7.80. The first-order chi connectivity index (χ1) is 17.3. The van der Waals surface area contributed by atoms with Crippen LogP contribution in [0.2, 0.25) is 0 Å². The summed E-state index contributed by atoms with van der Waals surface area (Å²) >= 11 is 5.89. The van der Waals surface area contributed by atoms with Crippen molar-refractivity contribution in [2.45, 2.75) is 45.8 Å². The number of aromatic nitrogens is 2. The van der Waals surface area contributed by atoms with Crippen LogP contribution < -0.4 is 20.3 Å². The van der Waals surface area contributed by atoms with E-state index in [1.54, 1.807) is 13.3 Å². The van der Waals surface area contributed by atoms with Crippen molar-refractivity contribution in [2.24, 2.45) is 0 Å². The molecular formula is C27H33N5O3S. The number of methoxy groups -OCH3 is 2. The van der Waals surface area contributed by atoms with E-state index in [1.165, 1.54) is 24.1 Å². The van der Waals surface area contributed by atoms with Crippen LogP contribution in [0.25, 0.3) is 0 Å². The first-order valence-electron chi connectivity index (χ1n) is 11.9. The van der Waals surface area contributed by atoms with Crippen LogP contribution in [0.1, 0.15) is 54.6 Å². The number of carbonyl (C=O) groups is 1. The fourth-order valence-electron chi connectivity index (χ4n) is 5.11. The summed E-state index contributed by atoms with van der Waals surface area (Å²) in [6, 6.07) is 13.8. The highest BCUT2D eigenvalue weighted by Gasteiger charge is 2.42. The van der Waals surface area contributed by atoms with E-state index in [1.807, 2.05) is 36.4 Å². The monoisotopic (exact) mass is 507 g/mol. The second-order valence-electron chi connectivity index (χ2n) is 9.15. The van der Waals surface area contributed by atoms with Gasteiger partial charge in [0.05, 0.1) is 30.6 Å². The van der Waals surface area contributed by atoms with Gasteiger partial charge in [0.15, 0.2) is 5.11 Å². The zero-order valence-corrected chi connectivity index (χ0v) is 22.3. The van der Waals surface area contributed by atoms with Gasteiger partial charge in [0.2, 0.25) is 5.91 Å². The van der Waals surface area contributed by atoms with Gasteiger partial charge in [-0.05, 0) is 81.9 Å². The summed E-state index contributed by atoms with van der Waals surface area (Å²) in [5.74, 6) is 0.288. The van der Waals surface area contributed by atoms with Crippen LogP contribution in [0.3, 0.4) is 0 Å². The summed E-state index contributed by atoms with van der Waals surface area (Å²) in [5.41, 5.74) is 5.84. The summed E-state index contributed by atoms with van der Waals surface area (Å²) in [6.07, 6.45) is 1.80. The third-order valence-corrected chi connectivity index (χ3v) is 6.78. The molecule has 0 radical (unpaired) electrons. The Kier molecular flexibility index (Phi) is 7.61. The number of ether oxygens (including phenoxy) is 2. The van der Waals surface area contributed by atoms with Crippen molar-refractivity contribution < 1.29 is 14.3 Å². The molecule has 2 N–H and O–H groups in total. The summed E-state index contributed by atoms with van der Waals surface area (Å²) in [7, 11) is 3.06. The number of anilines is 2. The normalized spacial score (nSPS) is 17.4. The molecule has 36 heavy (non-hydrogen) atoms. The number of nitrogens with one attached hydrogen (secondary N) is 2. The maximum Gasteiger partial charge on any atom is 0.250 e. The third kappa shape index (κ3) is 4.81. The second kappa shape index (κ2) is 10.7. The Hall–Kier alpha value is -3.43. The molecule has 1 aliphatic rings. The van der Waals surface area contributed by atoms with Crippen LogP contribution in [0.15, 0.2) is 48.7 Å². The predicted molar refractivity (Wildman–Crippen MR) is 146 cm³/mol. The predicted octanol–water partition coefficient (Wildman–Crippen LogP) is 4.85. The number of amides is 1. The van der Waals surface area contributed by atoms with Gasteiger partial charge in [0, 0.05) is 36.4 Å². The molecule has 3 heterocycles. The number of aryl methyl sites for hydroxylation is 1. The molecule has 1 aliphatic heterocycles. The number of hydrogen-bond donors (Lipinski definition) is 2. The van der Waals surface area contributed by atoms with Crippen molar-refractivity contribution in [3.63, 3.8) is 0 Å². The Bertz CT molecular complexity index is 1260. The zero-order valence-electron chi connectivity index (χ0n) is 21.5. The fraction of sp³-hybridized carbons (Fsp3) is 0.370. The molecule has 2 aromatic heterocycles. The van der Waals surface area contributed by atoms with E-state index in [2.05, 4.69) is 58.8 Å². The first-order valence-corrected chi connectivity index (χ1v) is 12.3. The molecule has 0 spiro atoms. The highest BCUT2D eigenvalue weighted by Crippen LogP contribution is 2.45. The van der Waals surface area contributed by atoms with Gasteiger partial charge < -0.3 is 29.6 Å². The number of pyridine rings is 1. The van der Waals surface area contributed by atoms with Crippen molar-refractivity contribution in [1.29, 1.82) is 0 Å². The van der Waals surface area contributed by atoms with Crippen LogP contribution in [0, 0.1) is 13.8 Å². The Balaban J connectivity index is 1.85. The highest BCUT2D eigenvalue weighted by atomic mass is 32.1. The van der Waals surface area contributed by atoms with E-state index in [0.717, 1.165) is 11.4 Å². The molecule has 1 fully saturated rings. The molecule has 9 heteroatoms. The van der Waals surface area contributed by atoms with Gasteiger partial charge in [-0.2, -0.15) is 0 Å². The molecule has 0 unspecified atom stereocenters. The standard InChI is InChI=1S/C27H33N5O3S/c1-16(2)31-17(3)13-20(18(31)4)26-25(21-9-7-8-12-28-21)30-27(36)32(26)19-10-11-23(35-6)22(14-19)29-24(33)15-34-5/h7-14,16,25-26H,15H2,1-6H3,(H,29,33)(H,30,36)/t25-,26-/m0/s1. The van der Waals surface area contributed by atoms with Gasteiger partial charge in [-0.25, -0.2) is 0 Å². The van der Waals surface area contributed by atoms with Crippen molar-refractivity contribution in [3.8, 4) is 5.75 Å². The van der Waals surface area contributed by atoms with E-state index < -0.39 is 0 Å². The molecule has 1 amide bonds. The van der Waals surface area contributed by atoms with Crippen LogP contribution in [-0.2, 0) is 9.53 Å². The fourth-order valence-corrected chi connectivity index (χ4v) is 5.45. The minimum Gasteiger partial charge on any atom is -0.495 e. The Morgan fingerprint density at radius 1 is 1.19 bits per heavy atom. The summed E-state index contributed by atoms with van der Waals surface area (Å²) < 4.78 is 12.8. The number of benzene rings is 1. The van der Waals surface area contributed by atoms with Crippen molar-refractivity contribution >= 4 is 34.6 Å². The minimum atomic E-state index is -0.265. The molecule has 1 saturated heterocycles. The summed E-state index contributed by atoms with van der Waals surface area (Å²) in [6.45, 7) is 8.61. The second-order valence-corrected chi connectivity index (χ2v) is 9.54. The van der Waals surface area contributed by atoms with Crippen molar-refractivity contribution in [2.75, 3.05) is 31.0 Å². The van der Waals surface area contributed by atoms with E-state index in [0.29, 0.717) is 22.6 Å². The van der Waals surface area contributed by atoms with Crippen LogP contribution in [-0.4, -0.2) is 41.4 Å². The van der Waals surface area contributed by atoms with Crippen molar-refractivity contribution in [1.82, 2.24) is 14.9 Å². The number of rotatable bonds is 8. The average molecular weight is 508 g/mol. The van der Waals surface area contributed by atoms with E-state index in [4.69, 9.17) is 21.7 Å². The average Bonchev–Trinajstić information content (AvgIpc) is 3.34. The molecule has 2 atom stereocenters. The largest absolute Gasteiger partial charge is 0.495 e. The van der Waals surface area contributed by atoms with E-state index in [9.17, 15) is 4.79 Å². The zero-order chi connectivity index (χ0) is 26.0. The Morgan fingerprint density at radius 3 is 2.58 bits per heavy atom. The number of thiocarbonyl (C=S) groups is 1. The van der Waals surface area contributed by atoms with Gasteiger partial charge in [-0.1, -0.05) is 6.07 Å². The molecule has 3 aromatic rings. The maximum absolute atomic E-state index is 12.3. The first kappa shape index (κ1) is 25.7. The lowest BCUT2D eigenvalue weighted by Gasteiger charge is -2.29. The van der Waals surface area contributed by atoms with Gasteiger partial charge in [-0.3, -0.25) is 9.78 Å². The summed E-state index contributed by atoms with van der Waals surface area (Å²) in [5, 5.41) is 6.98. The van der Waals surface area contributed by atoms with Gasteiger partial charge >= 0.3 is 0 Å². The molecule has 0 aliphatic carbocycles. The Labute approximate surface area is 217 Å². The molecule has 0 saturated carbocycles. The smallest absolute Gasteiger partial charge is 0.250 e. The number of nitrogens with zero attached hydrogens (tertiary/aromatic N) is 3. The van der Waals surface area contributed by atoms with Gasteiger partial charge in [0.25, 0.3) is 0 Å². The van der Waals surface area contributed by atoms with E-state index >= 15 is 0 Å². The topological polar surface area (TPSA) is 80.7 Å². The van der Waals surface area contributed by atoms with Crippen LogP contribution >= 0.6 is 12.2 Å². The lowest BCUT2D eigenvalue weighted by molar-refractivity contribution is -0.119. The maximum atomic E-state index is 12.3. The van der Waals surface area contributed by atoms with E-state index in [-0.39, 0.29) is 24.6 Å². The van der Waals surface area contributed by atoms with Crippen LogP contribution in [0.5, 0.6) is 5.75 Å². The molecule has 190 valence electrons. The molecular weight excluding hydrogens is 474 g/mol. The Morgan fingerprint density at radius 2 is 1.97 bits per heavy atom.